The maximum atomic E-state index is 12.5. The highest BCUT2D eigenvalue weighted by Crippen LogP contribution is 2.38. The van der Waals surface area contributed by atoms with Crippen LogP contribution in [0.4, 0.5) is 0 Å². The second-order valence-electron chi connectivity index (χ2n) is 5.97. The Balaban J connectivity index is 2.01. The zero-order valence-electron chi connectivity index (χ0n) is 10.5. The summed E-state index contributed by atoms with van der Waals surface area (Å²) in [7, 11) is 0. The fourth-order valence-electron chi connectivity index (χ4n) is 3.09. The molecular weight excluding hydrogens is 200 g/mol. The minimum absolute atomic E-state index is 0.0952. The van der Waals surface area contributed by atoms with E-state index in [-0.39, 0.29) is 11.5 Å². The maximum absolute atomic E-state index is 12.5. The van der Waals surface area contributed by atoms with Gasteiger partial charge in [-0.2, -0.15) is 0 Å². The number of nitrogens with zero attached hydrogens (tertiary/aromatic N) is 1. The molecule has 3 nitrogen and oxygen atoms in total. The van der Waals surface area contributed by atoms with Crippen LogP contribution in [0.3, 0.4) is 0 Å². The SMILES string of the molecule is CC1CN(C(=O)C2(C)CCCCC2)CC1N. The zero-order chi connectivity index (χ0) is 11.8. The molecule has 3 heteroatoms. The van der Waals surface area contributed by atoms with Crippen LogP contribution in [0, 0.1) is 11.3 Å². The van der Waals surface area contributed by atoms with Gasteiger partial charge < -0.3 is 10.6 Å². The van der Waals surface area contributed by atoms with Gasteiger partial charge in [-0.25, -0.2) is 0 Å². The molecular formula is C13H24N2O. The summed E-state index contributed by atoms with van der Waals surface area (Å²) in [5.74, 6) is 0.808. The van der Waals surface area contributed by atoms with Gasteiger partial charge in [-0.15, -0.1) is 0 Å². The molecule has 1 amide bonds. The average Bonchev–Trinajstić information content (AvgIpc) is 2.59. The van der Waals surface area contributed by atoms with Gasteiger partial charge in [0.2, 0.25) is 5.91 Å². The lowest BCUT2D eigenvalue weighted by Gasteiger charge is -2.35. The number of hydrogen-bond donors (Lipinski definition) is 1. The molecule has 1 saturated carbocycles. The molecule has 2 fully saturated rings. The number of nitrogens with two attached hydrogens (primary N) is 1. The van der Waals surface area contributed by atoms with Crippen LogP contribution in [0.15, 0.2) is 0 Å². The predicted molar refractivity (Wildman–Crippen MR) is 64.9 cm³/mol. The van der Waals surface area contributed by atoms with Gasteiger partial charge in [0.05, 0.1) is 0 Å². The van der Waals surface area contributed by atoms with Crippen molar-refractivity contribution in [2.75, 3.05) is 13.1 Å². The monoisotopic (exact) mass is 224 g/mol. The largest absolute Gasteiger partial charge is 0.340 e. The van der Waals surface area contributed by atoms with Crippen LogP contribution >= 0.6 is 0 Å². The Hall–Kier alpha value is -0.570. The van der Waals surface area contributed by atoms with E-state index in [9.17, 15) is 4.79 Å². The molecule has 0 aromatic rings. The summed E-state index contributed by atoms with van der Waals surface area (Å²) in [5, 5.41) is 0. The summed E-state index contributed by atoms with van der Waals surface area (Å²) < 4.78 is 0. The lowest BCUT2D eigenvalue weighted by Crippen LogP contribution is -2.43. The second kappa shape index (κ2) is 4.36. The lowest BCUT2D eigenvalue weighted by molar-refractivity contribution is -0.142. The van der Waals surface area contributed by atoms with Crippen LogP contribution in [0.1, 0.15) is 46.0 Å². The average molecular weight is 224 g/mol. The Bertz CT molecular complexity index is 261. The first kappa shape index (κ1) is 11.9. The molecule has 1 saturated heterocycles. The molecule has 0 aromatic heterocycles. The number of rotatable bonds is 1. The van der Waals surface area contributed by atoms with Gasteiger partial charge in [-0.1, -0.05) is 33.1 Å². The van der Waals surface area contributed by atoms with E-state index in [2.05, 4.69) is 13.8 Å². The van der Waals surface area contributed by atoms with Crippen LogP contribution in [0.25, 0.3) is 0 Å². The van der Waals surface area contributed by atoms with Gasteiger partial charge >= 0.3 is 0 Å². The molecule has 0 bridgehead atoms. The lowest BCUT2D eigenvalue weighted by atomic mass is 9.74. The molecule has 16 heavy (non-hydrogen) atoms. The Labute approximate surface area is 98.4 Å². The van der Waals surface area contributed by atoms with E-state index in [1.165, 1.54) is 19.3 Å². The summed E-state index contributed by atoms with van der Waals surface area (Å²) in [6.07, 6.45) is 5.83. The van der Waals surface area contributed by atoms with Gasteiger partial charge in [0, 0.05) is 24.5 Å². The highest BCUT2D eigenvalue weighted by molar-refractivity contribution is 5.82. The first-order valence-electron chi connectivity index (χ1n) is 6.58. The van der Waals surface area contributed by atoms with E-state index < -0.39 is 0 Å². The Morgan fingerprint density at radius 2 is 1.88 bits per heavy atom. The van der Waals surface area contributed by atoms with Crippen molar-refractivity contribution in [1.82, 2.24) is 4.90 Å². The van der Waals surface area contributed by atoms with Crippen LogP contribution < -0.4 is 5.73 Å². The minimum atomic E-state index is -0.0952. The highest BCUT2D eigenvalue weighted by atomic mass is 16.2. The topological polar surface area (TPSA) is 46.3 Å². The Kier molecular flexibility index (Phi) is 3.24. The maximum Gasteiger partial charge on any atom is 0.228 e. The normalized spacial score (nSPS) is 34.1. The van der Waals surface area contributed by atoms with E-state index in [4.69, 9.17) is 5.73 Å². The summed E-state index contributed by atoms with van der Waals surface area (Å²) in [5.41, 5.74) is 5.89. The van der Waals surface area contributed by atoms with Crippen molar-refractivity contribution in [3.8, 4) is 0 Å². The first-order chi connectivity index (χ1) is 7.53. The Morgan fingerprint density at radius 1 is 1.25 bits per heavy atom. The van der Waals surface area contributed by atoms with Gasteiger partial charge in [-0.05, 0) is 18.8 Å². The number of amides is 1. The van der Waals surface area contributed by atoms with Crippen LogP contribution in [-0.2, 0) is 4.79 Å². The summed E-state index contributed by atoms with van der Waals surface area (Å²) in [6, 6.07) is 0.177. The van der Waals surface area contributed by atoms with E-state index >= 15 is 0 Å². The zero-order valence-corrected chi connectivity index (χ0v) is 10.5. The standard InChI is InChI=1S/C13H24N2O/c1-10-8-15(9-11(10)14)12(16)13(2)6-4-3-5-7-13/h10-11H,3-9,14H2,1-2H3. The Morgan fingerprint density at radius 3 is 2.38 bits per heavy atom. The van der Waals surface area contributed by atoms with Gasteiger partial charge in [0.1, 0.15) is 0 Å². The van der Waals surface area contributed by atoms with Crippen molar-refractivity contribution in [2.45, 2.75) is 52.0 Å². The molecule has 0 aromatic carbocycles. The quantitative estimate of drug-likeness (QED) is 0.737. The molecule has 1 aliphatic carbocycles. The molecule has 2 unspecified atom stereocenters. The highest BCUT2D eigenvalue weighted by Gasteiger charge is 2.40. The van der Waals surface area contributed by atoms with E-state index in [0.29, 0.717) is 11.8 Å². The van der Waals surface area contributed by atoms with E-state index in [1.807, 2.05) is 4.90 Å². The third-order valence-electron chi connectivity index (χ3n) is 4.43. The molecule has 1 heterocycles. The van der Waals surface area contributed by atoms with Crippen molar-refractivity contribution in [1.29, 1.82) is 0 Å². The molecule has 1 aliphatic heterocycles. The molecule has 0 radical (unpaired) electrons. The van der Waals surface area contributed by atoms with Crippen molar-refractivity contribution in [3.05, 3.63) is 0 Å². The van der Waals surface area contributed by atoms with Crippen LogP contribution in [0.5, 0.6) is 0 Å². The fraction of sp³-hybridized carbons (Fsp3) is 0.923. The smallest absolute Gasteiger partial charge is 0.228 e. The van der Waals surface area contributed by atoms with Gasteiger partial charge in [0.15, 0.2) is 0 Å². The van der Waals surface area contributed by atoms with E-state index in [0.717, 1.165) is 25.9 Å². The van der Waals surface area contributed by atoms with E-state index in [1.54, 1.807) is 0 Å². The van der Waals surface area contributed by atoms with Crippen LogP contribution in [-0.4, -0.2) is 29.9 Å². The predicted octanol–water partition coefficient (Wildman–Crippen LogP) is 1.76. The second-order valence-corrected chi connectivity index (χ2v) is 5.97. The van der Waals surface area contributed by atoms with Gasteiger partial charge in [0.25, 0.3) is 0 Å². The third-order valence-corrected chi connectivity index (χ3v) is 4.43. The van der Waals surface area contributed by atoms with Crippen LogP contribution in [0.2, 0.25) is 0 Å². The van der Waals surface area contributed by atoms with Crippen molar-refractivity contribution in [2.24, 2.45) is 17.1 Å². The molecule has 0 spiro atoms. The minimum Gasteiger partial charge on any atom is -0.340 e. The molecule has 92 valence electrons. The summed E-state index contributed by atoms with van der Waals surface area (Å²) >= 11 is 0. The van der Waals surface area contributed by atoms with Crippen molar-refractivity contribution in [3.63, 3.8) is 0 Å². The van der Waals surface area contributed by atoms with Crippen molar-refractivity contribution >= 4 is 5.91 Å². The number of carbonyl (C=O) groups is 1. The first-order valence-corrected chi connectivity index (χ1v) is 6.58. The number of likely N-dealkylation sites (tertiary alicyclic amines) is 1. The molecule has 2 atom stereocenters. The number of carbonyl (C=O) groups excluding carboxylic acids is 1. The molecule has 2 N–H and O–H groups in total. The number of hydrogen-bond acceptors (Lipinski definition) is 2. The molecule has 2 aliphatic rings. The van der Waals surface area contributed by atoms with Gasteiger partial charge in [-0.3, -0.25) is 4.79 Å². The third kappa shape index (κ3) is 2.10. The molecule has 2 rings (SSSR count). The van der Waals surface area contributed by atoms with Crippen molar-refractivity contribution < 1.29 is 4.79 Å². The fourth-order valence-corrected chi connectivity index (χ4v) is 3.09. The summed E-state index contributed by atoms with van der Waals surface area (Å²) in [4.78, 5) is 14.5. The summed E-state index contributed by atoms with van der Waals surface area (Å²) in [6.45, 7) is 5.90.